The third kappa shape index (κ3) is 4.76. The number of thiocarbonyl (C=S) groups is 1. The lowest BCUT2D eigenvalue weighted by atomic mass is 10.1. The zero-order valence-electron chi connectivity index (χ0n) is 14.8. The van der Waals surface area contributed by atoms with Gasteiger partial charge in [-0.05, 0) is 62.4 Å². The average Bonchev–Trinajstić information content (AvgIpc) is 2.57. The molecule has 0 aliphatic heterocycles. The van der Waals surface area contributed by atoms with Gasteiger partial charge >= 0.3 is 0 Å². The molecule has 0 fully saturated rings. The second-order valence-corrected chi connectivity index (χ2v) is 6.47. The SMILES string of the molecule is CCc1cccc(C)c1NC(=S)NC[C@@H](c1cccnc1)N(C)C. The van der Waals surface area contributed by atoms with Crippen molar-refractivity contribution < 1.29 is 0 Å². The van der Waals surface area contributed by atoms with E-state index in [-0.39, 0.29) is 6.04 Å². The first-order valence-corrected chi connectivity index (χ1v) is 8.63. The first-order chi connectivity index (χ1) is 11.5. The second kappa shape index (κ2) is 8.76. The molecule has 0 aliphatic carbocycles. The largest absolute Gasteiger partial charge is 0.361 e. The van der Waals surface area contributed by atoms with Gasteiger partial charge in [-0.25, -0.2) is 0 Å². The van der Waals surface area contributed by atoms with Gasteiger partial charge in [0.2, 0.25) is 0 Å². The Morgan fingerprint density at radius 2 is 2.04 bits per heavy atom. The number of rotatable bonds is 6. The Morgan fingerprint density at radius 1 is 1.25 bits per heavy atom. The van der Waals surface area contributed by atoms with Gasteiger partial charge in [0, 0.05) is 24.6 Å². The summed E-state index contributed by atoms with van der Waals surface area (Å²) < 4.78 is 0. The number of benzene rings is 1. The van der Waals surface area contributed by atoms with Crippen LogP contribution in [-0.4, -0.2) is 35.6 Å². The summed E-state index contributed by atoms with van der Waals surface area (Å²) in [5, 5.41) is 7.35. The highest BCUT2D eigenvalue weighted by Crippen LogP contribution is 2.21. The van der Waals surface area contributed by atoms with Crippen molar-refractivity contribution in [2.24, 2.45) is 0 Å². The van der Waals surface area contributed by atoms with Crippen LogP contribution in [0.4, 0.5) is 5.69 Å². The summed E-state index contributed by atoms with van der Waals surface area (Å²) in [5.41, 5.74) is 4.76. The van der Waals surface area contributed by atoms with E-state index in [2.05, 4.69) is 72.7 Å². The minimum absolute atomic E-state index is 0.209. The molecule has 128 valence electrons. The quantitative estimate of drug-likeness (QED) is 0.786. The number of anilines is 1. The standard InChI is InChI=1S/C19H26N4S/c1-5-15-9-6-8-14(2)18(15)22-19(24)21-13-17(23(3)4)16-10-7-11-20-12-16/h6-12,17H,5,13H2,1-4H3,(H2,21,22,24)/t17-/m0/s1. The van der Waals surface area contributed by atoms with Gasteiger partial charge in [0.15, 0.2) is 5.11 Å². The van der Waals surface area contributed by atoms with Crippen LogP contribution >= 0.6 is 12.2 Å². The Kier molecular flexibility index (Phi) is 6.70. The molecule has 0 bridgehead atoms. The molecule has 5 heteroatoms. The van der Waals surface area contributed by atoms with Gasteiger partial charge in [0.1, 0.15) is 0 Å². The summed E-state index contributed by atoms with van der Waals surface area (Å²) in [7, 11) is 4.12. The first-order valence-electron chi connectivity index (χ1n) is 8.22. The fraction of sp³-hybridized carbons (Fsp3) is 0.368. The van der Waals surface area contributed by atoms with Crippen molar-refractivity contribution in [3.8, 4) is 0 Å². The van der Waals surface area contributed by atoms with Crippen molar-refractivity contribution in [3.63, 3.8) is 0 Å². The minimum Gasteiger partial charge on any atom is -0.361 e. The van der Waals surface area contributed by atoms with E-state index in [4.69, 9.17) is 12.2 Å². The summed E-state index contributed by atoms with van der Waals surface area (Å²) in [6.45, 7) is 4.97. The Labute approximate surface area is 150 Å². The third-order valence-corrected chi connectivity index (χ3v) is 4.37. The van der Waals surface area contributed by atoms with E-state index < -0.39 is 0 Å². The van der Waals surface area contributed by atoms with Crippen LogP contribution in [-0.2, 0) is 6.42 Å². The van der Waals surface area contributed by atoms with Gasteiger partial charge < -0.3 is 15.5 Å². The van der Waals surface area contributed by atoms with E-state index in [0.717, 1.165) is 18.7 Å². The van der Waals surface area contributed by atoms with E-state index in [1.165, 1.54) is 16.7 Å². The highest BCUT2D eigenvalue weighted by Gasteiger charge is 2.15. The molecule has 2 N–H and O–H groups in total. The van der Waals surface area contributed by atoms with Gasteiger partial charge in [-0.1, -0.05) is 31.2 Å². The number of pyridine rings is 1. The van der Waals surface area contributed by atoms with Crippen molar-refractivity contribution in [2.45, 2.75) is 26.3 Å². The van der Waals surface area contributed by atoms with Gasteiger partial charge in [-0.15, -0.1) is 0 Å². The van der Waals surface area contributed by atoms with Gasteiger partial charge in [0.25, 0.3) is 0 Å². The molecule has 1 atom stereocenters. The number of aryl methyl sites for hydroxylation is 2. The maximum absolute atomic E-state index is 5.50. The van der Waals surface area contributed by atoms with E-state index in [9.17, 15) is 0 Å². The lowest BCUT2D eigenvalue weighted by molar-refractivity contribution is 0.298. The number of likely N-dealkylation sites (N-methyl/N-ethyl adjacent to an activating group) is 1. The van der Waals surface area contributed by atoms with E-state index in [1.54, 1.807) is 6.20 Å². The minimum atomic E-state index is 0.209. The van der Waals surface area contributed by atoms with Crippen LogP contribution in [0.2, 0.25) is 0 Å². The first kappa shape index (κ1) is 18.4. The van der Waals surface area contributed by atoms with E-state index in [1.807, 2.05) is 12.3 Å². The molecule has 0 saturated carbocycles. The van der Waals surface area contributed by atoms with E-state index in [0.29, 0.717) is 5.11 Å². The maximum Gasteiger partial charge on any atom is 0.170 e. The Morgan fingerprint density at radius 3 is 2.67 bits per heavy atom. The van der Waals surface area contributed by atoms with Gasteiger partial charge in [-0.2, -0.15) is 0 Å². The summed E-state index contributed by atoms with van der Waals surface area (Å²) in [6.07, 6.45) is 4.67. The second-order valence-electron chi connectivity index (χ2n) is 6.06. The zero-order valence-corrected chi connectivity index (χ0v) is 15.7. The van der Waals surface area contributed by atoms with Gasteiger partial charge in [0.05, 0.1) is 6.04 Å². The maximum atomic E-state index is 5.50. The fourth-order valence-electron chi connectivity index (χ4n) is 2.72. The highest BCUT2D eigenvalue weighted by atomic mass is 32.1. The molecule has 0 radical (unpaired) electrons. The molecule has 4 nitrogen and oxygen atoms in total. The van der Waals surface area contributed by atoms with Gasteiger partial charge in [-0.3, -0.25) is 4.98 Å². The Hall–Kier alpha value is -1.98. The predicted octanol–water partition coefficient (Wildman–Crippen LogP) is 3.54. The smallest absolute Gasteiger partial charge is 0.170 e. The molecular weight excluding hydrogens is 316 g/mol. The summed E-state index contributed by atoms with van der Waals surface area (Å²) in [5.74, 6) is 0. The predicted molar refractivity (Wildman–Crippen MR) is 105 cm³/mol. The molecule has 1 aromatic carbocycles. The van der Waals surface area contributed by atoms with Crippen molar-refractivity contribution in [1.82, 2.24) is 15.2 Å². The number of hydrogen-bond acceptors (Lipinski definition) is 3. The monoisotopic (exact) mass is 342 g/mol. The number of nitrogens with one attached hydrogen (secondary N) is 2. The van der Waals surface area contributed by atoms with Crippen LogP contribution in [0.3, 0.4) is 0 Å². The van der Waals surface area contributed by atoms with Crippen molar-refractivity contribution >= 4 is 23.0 Å². The van der Waals surface area contributed by atoms with E-state index >= 15 is 0 Å². The third-order valence-electron chi connectivity index (χ3n) is 4.13. The molecule has 2 rings (SSSR count). The van der Waals surface area contributed by atoms with Crippen LogP contribution in [0.25, 0.3) is 0 Å². The molecule has 0 unspecified atom stereocenters. The molecule has 24 heavy (non-hydrogen) atoms. The number of para-hydroxylation sites is 1. The van der Waals surface area contributed by atoms with Crippen LogP contribution in [0.15, 0.2) is 42.7 Å². The molecule has 2 aromatic rings. The van der Waals surface area contributed by atoms with Crippen molar-refractivity contribution in [1.29, 1.82) is 0 Å². The molecular formula is C19H26N4S. The topological polar surface area (TPSA) is 40.2 Å². The molecule has 1 heterocycles. The molecule has 0 amide bonds. The normalized spacial score (nSPS) is 12.0. The van der Waals surface area contributed by atoms with Crippen LogP contribution in [0.1, 0.15) is 29.7 Å². The van der Waals surface area contributed by atoms with Crippen LogP contribution < -0.4 is 10.6 Å². The Balaban J connectivity index is 2.02. The van der Waals surface area contributed by atoms with Crippen molar-refractivity contribution in [2.75, 3.05) is 26.0 Å². The molecule has 0 spiro atoms. The summed E-state index contributed by atoms with van der Waals surface area (Å²) in [6, 6.07) is 10.6. The zero-order chi connectivity index (χ0) is 17.5. The summed E-state index contributed by atoms with van der Waals surface area (Å²) >= 11 is 5.50. The molecule has 1 aromatic heterocycles. The summed E-state index contributed by atoms with van der Waals surface area (Å²) in [4.78, 5) is 6.38. The van der Waals surface area contributed by atoms with Crippen LogP contribution in [0.5, 0.6) is 0 Å². The lowest BCUT2D eigenvalue weighted by Gasteiger charge is -2.26. The fourth-order valence-corrected chi connectivity index (χ4v) is 2.91. The number of hydrogen-bond donors (Lipinski definition) is 2. The van der Waals surface area contributed by atoms with Crippen LogP contribution in [0, 0.1) is 6.92 Å². The number of nitrogens with zero attached hydrogens (tertiary/aromatic N) is 2. The molecule has 0 aliphatic rings. The molecule has 0 saturated heterocycles. The highest BCUT2D eigenvalue weighted by molar-refractivity contribution is 7.80. The Bertz CT molecular complexity index is 670. The average molecular weight is 343 g/mol. The van der Waals surface area contributed by atoms with Crippen molar-refractivity contribution in [3.05, 3.63) is 59.4 Å². The lowest BCUT2D eigenvalue weighted by Crippen LogP contribution is -2.37. The number of aromatic nitrogens is 1.